The molecule has 21 heavy (non-hydrogen) atoms. The number of benzene rings is 1. The lowest BCUT2D eigenvalue weighted by molar-refractivity contribution is -0.122. The normalized spacial score (nSPS) is 13.0. The van der Waals surface area contributed by atoms with Gasteiger partial charge >= 0.3 is 0 Å². The van der Waals surface area contributed by atoms with Crippen molar-refractivity contribution >= 4 is 5.91 Å². The summed E-state index contributed by atoms with van der Waals surface area (Å²) >= 11 is 0. The number of hydrogen-bond donors (Lipinski definition) is 2. The molecule has 0 spiro atoms. The Morgan fingerprint density at radius 2 is 1.95 bits per heavy atom. The summed E-state index contributed by atoms with van der Waals surface area (Å²) < 4.78 is 0. The predicted molar refractivity (Wildman–Crippen MR) is 85.7 cm³/mol. The van der Waals surface area contributed by atoms with E-state index < -0.39 is 0 Å². The molecule has 1 rings (SSSR count). The highest BCUT2D eigenvalue weighted by Gasteiger charge is 2.11. The van der Waals surface area contributed by atoms with E-state index in [0.717, 1.165) is 17.5 Å². The summed E-state index contributed by atoms with van der Waals surface area (Å²) in [6, 6.07) is 7.85. The van der Waals surface area contributed by atoms with Crippen LogP contribution in [-0.4, -0.2) is 17.6 Å². The van der Waals surface area contributed by atoms with Gasteiger partial charge in [0.15, 0.2) is 0 Å². The second-order valence-electron chi connectivity index (χ2n) is 5.40. The summed E-state index contributed by atoms with van der Waals surface area (Å²) in [4.78, 5) is 11.9. The van der Waals surface area contributed by atoms with E-state index in [1.165, 1.54) is 0 Å². The Labute approximate surface area is 127 Å². The number of hydrogen-bond acceptors (Lipinski definition) is 2. The van der Waals surface area contributed by atoms with Crippen molar-refractivity contribution in [2.75, 3.05) is 6.61 Å². The van der Waals surface area contributed by atoms with E-state index >= 15 is 0 Å². The smallest absolute Gasteiger partial charge is 0.220 e. The van der Waals surface area contributed by atoms with Gasteiger partial charge in [-0.25, -0.2) is 0 Å². The molecule has 1 amide bonds. The van der Waals surface area contributed by atoms with Crippen LogP contribution >= 0.6 is 0 Å². The van der Waals surface area contributed by atoms with Gasteiger partial charge in [0.2, 0.25) is 5.91 Å². The zero-order chi connectivity index (χ0) is 15.7. The third-order valence-electron chi connectivity index (χ3n) is 3.49. The molecule has 0 radical (unpaired) electrons. The molecule has 0 heterocycles. The second-order valence-corrected chi connectivity index (χ2v) is 5.40. The summed E-state index contributed by atoms with van der Waals surface area (Å²) in [5.74, 6) is 6.40. The monoisotopic (exact) mass is 287 g/mol. The molecule has 0 aliphatic rings. The molecule has 0 aliphatic heterocycles. The summed E-state index contributed by atoms with van der Waals surface area (Å²) in [7, 11) is 0. The molecule has 3 heteroatoms. The minimum Gasteiger partial charge on any atom is -0.395 e. The van der Waals surface area contributed by atoms with Crippen molar-refractivity contribution in [2.24, 2.45) is 5.92 Å². The molecule has 0 fully saturated rings. The maximum absolute atomic E-state index is 11.9. The van der Waals surface area contributed by atoms with Crippen molar-refractivity contribution in [1.82, 2.24) is 5.32 Å². The lowest BCUT2D eigenvalue weighted by Crippen LogP contribution is -2.27. The quantitative estimate of drug-likeness (QED) is 0.790. The van der Waals surface area contributed by atoms with Crippen molar-refractivity contribution in [3.05, 3.63) is 35.4 Å². The van der Waals surface area contributed by atoms with Crippen molar-refractivity contribution in [2.45, 2.75) is 46.1 Å². The molecular formula is C18H25NO2. The van der Waals surface area contributed by atoms with E-state index in [1.54, 1.807) is 0 Å². The van der Waals surface area contributed by atoms with Crippen LogP contribution in [0.3, 0.4) is 0 Å². The van der Waals surface area contributed by atoms with Crippen LogP contribution in [-0.2, 0) is 4.79 Å². The van der Waals surface area contributed by atoms with Gasteiger partial charge in [-0.15, -0.1) is 0 Å². The topological polar surface area (TPSA) is 49.3 Å². The van der Waals surface area contributed by atoms with Crippen LogP contribution in [0.15, 0.2) is 24.3 Å². The average molecular weight is 287 g/mol. The van der Waals surface area contributed by atoms with Gasteiger partial charge in [-0.1, -0.05) is 44.2 Å². The maximum atomic E-state index is 11.9. The fourth-order valence-electron chi connectivity index (χ4n) is 1.92. The van der Waals surface area contributed by atoms with Crippen molar-refractivity contribution in [3.63, 3.8) is 0 Å². The Hall–Kier alpha value is -1.79. The van der Waals surface area contributed by atoms with Gasteiger partial charge in [-0.2, -0.15) is 0 Å². The van der Waals surface area contributed by atoms with Gasteiger partial charge in [0.05, 0.1) is 12.6 Å². The zero-order valence-corrected chi connectivity index (χ0v) is 13.1. The average Bonchev–Trinajstić information content (AvgIpc) is 2.47. The van der Waals surface area contributed by atoms with E-state index in [4.69, 9.17) is 5.11 Å². The van der Waals surface area contributed by atoms with Crippen molar-refractivity contribution in [3.8, 4) is 11.8 Å². The number of carbonyl (C=O) groups excluding carboxylic acids is 1. The SMILES string of the molecule is CCC(C)CC(=O)NC(C)c1ccc(C#CCCO)cc1. The molecule has 114 valence electrons. The molecule has 3 nitrogen and oxygen atoms in total. The van der Waals surface area contributed by atoms with Crippen LogP contribution in [0.25, 0.3) is 0 Å². The Bertz CT molecular complexity index is 496. The van der Waals surface area contributed by atoms with Crippen LogP contribution in [0.5, 0.6) is 0 Å². The highest BCUT2D eigenvalue weighted by atomic mass is 16.2. The lowest BCUT2D eigenvalue weighted by atomic mass is 10.0. The molecule has 2 atom stereocenters. The highest BCUT2D eigenvalue weighted by Crippen LogP contribution is 2.14. The van der Waals surface area contributed by atoms with Gasteiger partial charge in [0.1, 0.15) is 0 Å². The Kier molecular flexibility index (Phi) is 7.56. The van der Waals surface area contributed by atoms with Crippen LogP contribution in [0, 0.1) is 17.8 Å². The third kappa shape index (κ3) is 6.46. The van der Waals surface area contributed by atoms with Gasteiger partial charge < -0.3 is 10.4 Å². The minimum absolute atomic E-state index is 0.000933. The number of aliphatic hydroxyl groups is 1. The zero-order valence-electron chi connectivity index (χ0n) is 13.1. The summed E-state index contributed by atoms with van der Waals surface area (Å²) in [6.07, 6.45) is 2.08. The number of aliphatic hydroxyl groups excluding tert-OH is 1. The molecule has 2 unspecified atom stereocenters. The second kappa shape index (κ2) is 9.20. The van der Waals surface area contributed by atoms with Crippen LogP contribution in [0.4, 0.5) is 0 Å². The van der Waals surface area contributed by atoms with Gasteiger partial charge in [0, 0.05) is 18.4 Å². The highest BCUT2D eigenvalue weighted by molar-refractivity contribution is 5.76. The molecule has 0 aliphatic carbocycles. The van der Waals surface area contributed by atoms with Crippen LogP contribution in [0.1, 0.15) is 57.2 Å². The molecule has 1 aromatic carbocycles. The van der Waals surface area contributed by atoms with E-state index in [9.17, 15) is 4.79 Å². The predicted octanol–water partition coefficient (Wildman–Crippen LogP) is 3.03. The Morgan fingerprint density at radius 1 is 1.29 bits per heavy atom. The van der Waals surface area contributed by atoms with Gasteiger partial charge in [0.25, 0.3) is 0 Å². The molecule has 0 saturated carbocycles. The first-order valence-corrected chi connectivity index (χ1v) is 7.55. The number of rotatable bonds is 6. The molecule has 0 bridgehead atoms. The van der Waals surface area contributed by atoms with E-state index in [1.807, 2.05) is 31.2 Å². The van der Waals surface area contributed by atoms with E-state index in [2.05, 4.69) is 31.0 Å². The summed E-state index contributed by atoms with van der Waals surface area (Å²) in [5.41, 5.74) is 1.99. The molecule has 0 aromatic heterocycles. The van der Waals surface area contributed by atoms with Crippen LogP contribution in [0.2, 0.25) is 0 Å². The largest absolute Gasteiger partial charge is 0.395 e. The molecule has 1 aromatic rings. The summed E-state index contributed by atoms with van der Waals surface area (Å²) in [6.45, 7) is 6.26. The number of nitrogens with one attached hydrogen (secondary N) is 1. The van der Waals surface area contributed by atoms with Gasteiger partial charge in [-0.3, -0.25) is 4.79 Å². The molecule has 0 saturated heterocycles. The molecular weight excluding hydrogens is 262 g/mol. The van der Waals surface area contributed by atoms with E-state index in [0.29, 0.717) is 18.8 Å². The minimum atomic E-state index is 0.000933. The third-order valence-corrected chi connectivity index (χ3v) is 3.49. The van der Waals surface area contributed by atoms with Crippen LogP contribution < -0.4 is 5.32 Å². The Balaban J connectivity index is 2.57. The number of amides is 1. The van der Waals surface area contributed by atoms with E-state index in [-0.39, 0.29) is 18.6 Å². The first-order chi connectivity index (χ1) is 10.1. The maximum Gasteiger partial charge on any atom is 0.220 e. The number of carbonyl (C=O) groups is 1. The van der Waals surface area contributed by atoms with Gasteiger partial charge in [-0.05, 0) is 30.5 Å². The van der Waals surface area contributed by atoms with Crippen molar-refractivity contribution < 1.29 is 9.90 Å². The molecule has 2 N–H and O–H groups in total. The van der Waals surface area contributed by atoms with Crippen molar-refractivity contribution in [1.29, 1.82) is 0 Å². The Morgan fingerprint density at radius 3 is 2.52 bits per heavy atom. The fraction of sp³-hybridized carbons (Fsp3) is 0.500. The summed E-state index contributed by atoms with van der Waals surface area (Å²) in [5, 5.41) is 11.7. The standard InChI is InChI=1S/C18H25NO2/c1-4-14(2)13-18(21)19-15(3)17-10-8-16(9-11-17)7-5-6-12-20/h8-11,14-15,20H,4,6,12-13H2,1-3H3,(H,19,21). The lowest BCUT2D eigenvalue weighted by Gasteiger charge is -2.16. The first-order valence-electron chi connectivity index (χ1n) is 7.55. The first kappa shape index (κ1) is 17.3. The fourth-order valence-corrected chi connectivity index (χ4v) is 1.92.